The first kappa shape index (κ1) is 16.4. The van der Waals surface area contributed by atoms with Crippen LogP contribution in [0.25, 0.3) is 22.2 Å². The van der Waals surface area contributed by atoms with E-state index in [1.54, 1.807) is 0 Å². The third-order valence-corrected chi connectivity index (χ3v) is 3.64. The maximum atomic E-state index is 14.0. The fourth-order valence-electron chi connectivity index (χ4n) is 2.44. The van der Waals surface area contributed by atoms with E-state index < -0.39 is 24.2 Å². The molecule has 0 aliphatic rings. The molecule has 0 bridgehead atoms. The van der Waals surface area contributed by atoms with E-state index in [1.165, 1.54) is 42.5 Å². The fourth-order valence-corrected chi connectivity index (χ4v) is 2.62. The lowest BCUT2D eigenvalue weighted by Crippen LogP contribution is -2.30. The third-order valence-electron chi connectivity index (χ3n) is 3.41. The largest absolute Gasteiger partial charge is 0.406 e. The molecule has 24 heavy (non-hydrogen) atoms. The lowest BCUT2D eigenvalue weighted by Gasteiger charge is -2.15. The van der Waals surface area contributed by atoms with E-state index in [9.17, 15) is 22.4 Å². The fraction of sp³-hybridized carbons (Fsp3) is 0.125. The van der Waals surface area contributed by atoms with Crippen LogP contribution in [0.3, 0.4) is 0 Å². The van der Waals surface area contributed by atoms with Gasteiger partial charge in [-0.3, -0.25) is 4.57 Å². The van der Waals surface area contributed by atoms with Crippen molar-refractivity contribution in [1.29, 1.82) is 0 Å². The quantitative estimate of drug-likeness (QED) is 0.637. The predicted molar refractivity (Wildman–Crippen MR) is 82.5 cm³/mol. The Kier molecular flexibility index (Phi) is 4.04. The Morgan fingerprint density at radius 2 is 1.83 bits per heavy atom. The van der Waals surface area contributed by atoms with Crippen LogP contribution < -0.4 is 5.69 Å². The average molecular weight is 357 g/mol. The average Bonchev–Trinajstić information content (AvgIpc) is 2.49. The van der Waals surface area contributed by atoms with E-state index >= 15 is 0 Å². The van der Waals surface area contributed by atoms with Gasteiger partial charge in [0.25, 0.3) is 0 Å². The van der Waals surface area contributed by atoms with Crippen LogP contribution in [0, 0.1) is 5.82 Å². The lowest BCUT2D eigenvalue weighted by atomic mass is 10.1. The highest BCUT2D eigenvalue weighted by molar-refractivity contribution is 6.31. The van der Waals surface area contributed by atoms with Crippen molar-refractivity contribution in [3.05, 3.63) is 63.8 Å². The molecule has 0 saturated carbocycles. The molecule has 3 nitrogen and oxygen atoms in total. The third kappa shape index (κ3) is 3.12. The zero-order chi connectivity index (χ0) is 17.5. The summed E-state index contributed by atoms with van der Waals surface area (Å²) in [7, 11) is 0. The predicted octanol–water partition coefficient (Wildman–Crippen LogP) is 4.42. The molecule has 0 aliphatic carbocycles. The summed E-state index contributed by atoms with van der Waals surface area (Å²) >= 11 is 5.91. The molecule has 124 valence electrons. The van der Waals surface area contributed by atoms with Gasteiger partial charge in [0.2, 0.25) is 0 Å². The zero-order valence-corrected chi connectivity index (χ0v) is 12.7. The van der Waals surface area contributed by atoms with Crippen molar-refractivity contribution >= 4 is 22.5 Å². The molecule has 2 aromatic carbocycles. The Labute approximate surface area is 138 Å². The summed E-state index contributed by atoms with van der Waals surface area (Å²) in [5, 5.41) is 0.399. The van der Waals surface area contributed by atoms with Gasteiger partial charge in [-0.25, -0.2) is 9.18 Å². The molecule has 1 heterocycles. The monoisotopic (exact) mass is 356 g/mol. The normalized spacial score (nSPS) is 11.9. The number of nitrogens with zero attached hydrogens (tertiary/aromatic N) is 2. The zero-order valence-electron chi connectivity index (χ0n) is 11.9. The van der Waals surface area contributed by atoms with E-state index in [1.807, 2.05) is 0 Å². The van der Waals surface area contributed by atoms with Crippen LogP contribution in [-0.4, -0.2) is 15.7 Å². The van der Waals surface area contributed by atoms with Crippen molar-refractivity contribution in [2.45, 2.75) is 12.7 Å². The van der Waals surface area contributed by atoms with Crippen LogP contribution in [0.4, 0.5) is 17.6 Å². The number of rotatable bonds is 2. The minimum atomic E-state index is -4.60. The first-order chi connectivity index (χ1) is 11.3. The highest BCUT2D eigenvalue weighted by Crippen LogP contribution is 2.30. The Balaban J connectivity index is 2.37. The highest BCUT2D eigenvalue weighted by Gasteiger charge is 2.30. The van der Waals surface area contributed by atoms with Gasteiger partial charge in [-0.15, -0.1) is 0 Å². The highest BCUT2D eigenvalue weighted by atomic mass is 35.5. The maximum Gasteiger partial charge on any atom is 0.406 e. The lowest BCUT2D eigenvalue weighted by molar-refractivity contribution is -0.140. The smallest absolute Gasteiger partial charge is 0.283 e. The van der Waals surface area contributed by atoms with Crippen LogP contribution in [0.2, 0.25) is 5.02 Å². The van der Waals surface area contributed by atoms with Gasteiger partial charge in [0, 0.05) is 16.0 Å². The van der Waals surface area contributed by atoms with E-state index in [2.05, 4.69) is 4.98 Å². The second-order valence-corrected chi connectivity index (χ2v) is 5.52. The van der Waals surface area contributed by atoms with Crippen molar-refractivity contribution in [1.82, 2.24) is 9.55 Å². The standard InChI is InChI=1S/C16H9ClF4N2O/c17-9-5-6-13-11(7-9)14(10-3-1-2-4-12(10)18)22-15(24)23(13)8-16(19,20)21/h1-7H,8H2. The van der Waals surface area contributed by atoms with Gasteiger partial charge in [0.15, 0.2) is 0 Å². The van der Waals surface area contributed by atoms with Gasteiger partial charge in [-0.05, 0) is 30.3 Å². The summed E-state index contributed by atoms with van der Waals surface area (Å²) in [5.41, 5.74) is -1.16. The van der Waals surface area contributed by atoms with E-state index in [0.717, 1.165) is 0 Å². The number of fused-ring (bicyclic) bond motifs is 1. The molecule has 0 spiro atoms. The van der Waals surface area contributed by atoms with Crippen LogP contribution in [0.5, 0.6) is 0 Å². The van der Waals surface area contributed by atoms with E-state index in [4.69, 9.17) is 11.6 Å². The first-order valence-electron chi connectivity index (χ1n) is 6.78. The van der Waals surface area contributed by atoms with Crippen molar-refractivity contribution in [3.8, 4) is 11.3 Å². The second-order valence-electron chi connectivity index (χ2n) is 5.09. The Bertz CT molecular complexity index is 982. The molecule has 3 aromatic rings. The van der Waals surface area contributed by atoms with Crippen LogP contribution >= 0.6 is 11.6 Å². The molecule has 0 aliphatic heterocycles. The summed E-state index contributed by atoms with van der Waals surface area (Å²) < 4.78 is 52.8. The number of benzene rings is 2. The minimum absolute atomic E-state index is 0.0148. The van der Waals surface area contributed by atoms with Gasteiger partial charge in [0.1, 0.15) is 12.4 Å². The number of halogens is 5. The molecule has 0 saturated heterocycles. The molecular formula is C16H9ClF4N2O. The number of alkyl halides is 3. The summed E-state index contributed by atoms with van der Waals surface area (Å²) in [4.78, 5) is 15.8. The topological polar surface area (TPSA) is 34.9 Å². The van der Waals surface area contributed by atoms with Crippen molar-refractivity contribution < 1.29 is 17.6 Å². The van der Waals surface area contributed by atoms with E-state index in [0.29, 0.717) is 4.57 Å². The summed E-state index contributed by atoms with van der Waals surface area (Å²) in [5.74, 6) is -0.640. The summed E-state index contributed by atoms with van der Waals surface area (Å²) in [6.45, 7) is -1.49. The van der Waals surface area contributed by atoms with Gasteiger partial charge in [-0.1, -0.05) is 23.7 Å². The summed E-state index contributed by atoms with van der Waals surface area (Å²) in [6, 6.07) is 9.58. The molecule has 8 heteroatoms. The Morgan fingerprint density at radius 3 is 2.50 bits per heavy atom. The molecule has 0 atom stereocenters. The number of hydrogen-bond acceptors (Lipinski definition) is 2. The molecule has 3 rings (SSSR count). The van der Waals surface area contributed by atoms with Gasteiger partial charge >= 0.3 is 11.9 Å². The molecule has 0 unspecified atom stereocenters. The van der Waals surface area contributed by atoms with Crippen LogP contribution in [0.1, 0.15) is 0 Å². The molecular weight excluding hydrogens is 348 g/mol. The van der Waals surface area contributed by atoms with Crippen LogP contribution in [-0.2, 0) is 6.54 Å². The number of aromatic nitrogens is 2. The van der Waals surface area contributed by atoms with Crippen LogP contribution in [0.15, 0.2) is 47.3 Å². The van der Waals surface area contributed by atoms with Crippen molar-refractivity contribution in [2.24, 2.45) is 0 Å². The molecule has 0 amide bonds. The van der Waals surface area contributed by atoms with Gasteiger partial charge in [0.05, 0.1) is 11.2 Å². The van der Waals surface area contributed by atoms with Gasteiger partial charge < -0.3 is 0 Å². The molecule has 0 fully saturated rings. The minimum Gasteiger partial charge on any atom is -0.283 e. The Morgan fingerprint density at radius 1 is 1.12 bits per heavy atom. The first-order valence-corrected chi connectivity index (χ1v) is 7.16. The van der Waals surface area contributed by atoms with Crippen molar-refractivity contribution in [2.75, 3.05) is 0 Å². The Hall–Kier alpha value is -2.41. The summed E-state index contributed by atoms with van der Waals surface area (Å²) in [6.07, 6.45) is -4.60. The SMILES string of the molecule is O=c1nc(-c2ccccc2F)c2cc(Cl)ccc2n1CC(F)(F)F. The van der Waals surface area contributed by atoms with Crippen molar-refractivity contribution in [3.63, 3.8) is 0 Å². The molecule has 1 aromatic heterocycles. The molecule has 0 N–H and O–H groups in total. The molecule has 0 radical (unpaired) electrons. The van der Waals surface area contributed by atoms with E-state index in [-0.39, 0.29) is 27.2 Å². The van der Waals surface area contributed by atoms with Gasteiger partial charge in [-0.2, -0.15) is 18.2 Å². The number of hydrogen-bond donors (Lipinski definition) is 0. The second kappa shape index (κ2) is 5.90. The maximum absolute atomic E-state index is 14.0.